The standard InChI is InChI=1S/C23H27F2N3O4/c24-23(25)9-13(10-23)11-26-17-2-1-3-19(17)32-15-4-5-16-14(8-15)12-28(22(16)31)18-6-7-20(29)27-21(18)30/h4-5,8,13,17-19,26H,1-3,6-7,9-12H2,(H,27,29,30)/t17-,18?,19-/m1/s1. The average Bonchev–Trinajstić information content (AvgIpc) is 3.29. The van der Waals surface area contributed by atoms with Crippen LogP contribution in [0.2, 0.25) is 0 Å². The Labute approximate surface area is 184 Å². The molecule has 4 aliphatic rings. The van der Waals surface area contributed by atoms with Crippen molar-refractivity contribution in [1.29, 1.82) is 0 Å². The molecule has 0 aromatic heterocycles. The predicted molar refractivity (Wildman–Crippen MR) is 110 cm³/mol. The van der Waals surface area contributed by atoms with E-state index < -0.39 is 17.9 Å². The fourth-order valence-corrected chi connectivity index (χ4v) is 5.35. The summed E-state index contributed by atoms with van der Waals surface area (Å²) >= 11 is 0. The molecule has 2 N–H and O–H groups in total. The molecule has 0 radical (unpaired) electrons. The van der Waals surface area contributed by atoms with Gasteiger partial charge >= 0.3 is 0 Å². The number of piperidine rings is 1. The van der Waals surface area contributed by atoms with Crippen LogP contribution in [0, 0.1) is 5.92 Å². The zero-order valence-electron chi connectivity index (χ0n) is 17.7. The van der Waals surface area contributed by atoms with Gasteiger partial charge in [-0.15, -0.1) is 0 Å². The van der Waals surface area contributed by atoms with Crippen LogP contribution < -0.4 is 15.4 Å². The monoisotopic (exact) mass is 447 g/mol. The van der Waals surface area contributed by atoms with Gasteiger partial charge in [0.2, 0.25) is 17.7 Å². The molecule has 5 rings (SSSR count). The van der Waals surface area contributed by atoms with Crippen LogP contribution in [0.15, 0.2) is 18.2 Å². The molecule has 9 heteroatoms. The summed E-state index contributed by atoms with van der Waals surface area (Å²) in [7, 11) is 0. The maximum absolute atomic E-state index is 13.1. The zero-order valence-corrected chi connectivity index (χ0v) is 17.7. The van der Waals surface area contributed by atoms with Gasteiger partial charge in [-0.2, -0.15) is 0 Å². The Balaban J connectivity index is 1.20. The minimum atomic E-state index is -2.50. The molecule has 3 fully saturated rings. The van der Waals surface area contributed by atoms with Crippen molar-refractivity contribution in [3.8, 4) is 5.75 Å². The van der Waals surface area contributed by atoms with Crippen molar-refractivity contribution in [3.63, 3.8) is 0 Å². The lowest BCUT2D eigenvalue weighted by Crippen LogP contribution is -2.52. The van der Waals surface area contributed by atoms with Gasteiger partial charge in [-0.3, -0.25) is 19.7 Å². The van der Waals surface area contributed by atoms with Crippen molar-refractivity contribution in [1.82, 2.24) is 15.5 Å². The number of benzene rings is 1. The number of hydrogen-bond acceptors (Lipinski definition) is 5. The van der Waals surface area contributed by atoms with Crippen molar-refractivity contribution in [3.05, 3.63) is 29.3 Å². The van der Waals surface area contributed by atoms with Crippen LogP contribution in [-0.4, -0.2) is 53.3 Å². The first kappa shape index (κ1) is 21.3. The summed E-state index contributed by atoms with van der Waals surface area (Å²) in [6.45, 7) is 0.888. The zero-order chi connectivity index (χ0) is 22.5. The molecule has 2 aliphatic carbocycles. The summed E-state index contributed by atoms with van der Waals surface area (Å²) < 4.78 is 32.3. The van der Waals surface area contributed by atoms with Crippen LogP contribution in [0.5, 0.6) is 5.75 Å². The first-order valence-electron chi connectivity index (χ1n) is 11.3. The van der Waals surface area contributed by atoms with Crippen molar-refractivity contribution in [2.75, 3.05) is 6.54 Å². The van der Waals surface area contributed by atoms with Crippen molar-refractivity contribution >= 4 is 17.7 Å². The molecule has 7 nitrogen and oxygen atoms in total. The van der Waals surface area contributed by atoms with E-state index in [1.54, 1.807) is 12.1 Å². The number of fused-ring (bicyclic) bond motifs is 1. The van der Waals surface area contributed by atoms with Gasteiger partial charge < -0.3 is 15.0 Å². The first-order chi connectivity index (χ1) is 15.3. The second kappa shape index (κ2) is 8.10. The molecule has 1 saturated heterocycles. The molecule has 1 unspecified atom stereocenters. The number of hydrogen-bond donors (Lipinski definition) is 2. The predicted octanol–water partition coefficient (Wildman–Crippen LogP) is 2.38. The highest BCUT2D eigenvalue weighted by molar-refractivity contribution is 6.05. The number of ether oxygens (including phenoxy) is 1. The van der Waals surface area contributed by atoms with Gasteiger partial charge in [0.05, 0.1) is 0 Å². The van der Waals surface area contributed by atoms with E-state index in [0.29, 0.717) is 30.8 Å². The molecule has 0 bridgehead atoms. The Kier molecular flexibility index (Phi) is 5.39. The van der Waals surface area contributed by atoms with Crippen molar-refractivity contribution < 1.29 is 27.9 Å². The number of imide groups is 1. The Morgan fingerprint density at radius 3 is 2.72 bits per heavy atom. The average molecular weight is 447 g/mol. The maximum Gasteiger partial charge on any atom is 0.255 e. The molecule has 0 spiro atoms. The fraction of sp³-hybridized carbons (Fsp3) is 0.609. The molecule has 2 heterocycles. The lowest BCUT2D eigenvalue weighted by molar-refractivity contribution is -0.136. The van der Waals surface area contributed by atoms with E-state index in [0.717, 1.165) is 24.8 Å². The van der Waals surface area contributed by atoms with Crippen molar-refractivity contribution in [2.24, 2.45) is 5.92 Å². The smallest absolute Gasteiger partial charge is 0.255 e. The van der Waals surface area contributed by atoms with Crippen LogP contribution in [-0.2, 0) is 16.1 Å². The highest BCUT2D eigenvalue weighted by Crippen LogP contribution is 2.42. The fourth-order valence-electron chi connectivity index (χ4n) is 5.35. The molecule has 172 valence electrons. The third-order valence-electron chi connectivity index (χ3n) is 7.08. The number of halogens is 2. The molecular weight excluding hydrogens is 420 g/mol. The molecule has 1 aromatic carbocycles. The Bertz CT molecular complexity index is 945. The van der Waals surface area contributed by atoms with Gasteiger partial charge in [0.15, 0.2) is 0 Å². The molecule has 3 amide bonds. The third-order valence-corrected chi connectivity index (χ3v) is 7.08. The summed E-state index contributed by atoms with van der Waals surface area (Å²) in [5, 5.41) is 5.72. The lowest BCUT2D eigenvalue weighted by atomic mass is 9.81. The van der Waals surface area contributed by atoms with Crippen LogP contribution in [0.1, 0.15) is 60.9 Å². The summed E-state index contributed by atoms with van der Waals surface area (Å²) in [4.78, 5) is 37.9. The van der Waals surface area contributed by atoms with Gasteiger partial charge in [0.25, 0.3) is 5.91 Å². The highest BCUT2D eigenvalue weighted by atomic mass is 19.3. The molecule has 3 atom stereocenters. The van der Waals surface area contributed by atoms with Gasteiger partial charge in [-0.1, -0.05) is 0 Å². The van der Waals surface area contributed by atoms with Crippen LogP contribution >= 0.6 is 0 Å². The third kappa shape index (κ3) is 4.10. The van der Waals surface area contributed by atoms with Gasteiger partial charge in [-0.05, 0) is 61.9 Å². The number of carbonyl (C=O) groups excluding carboxylic acids is 3. The van der Waals surface area contributed by atoms with Gasteiger partial charge in [0, 0.05) is 37.4 Å². The van der Waals surface area contributed by atoms with Crippen molar-refractivity contribution in [2.45, 2.75) is 75.6 Å². The Hall–Kier alpha value is -2.55. The Morgan fingerprint density at radius 1 is 1.16 bits per heavy atom. The van der Waals surface area contributed by atoms with E-state index in [4.69, 9.17) is 4.74 Å². The van der Waals surface area contributed by atoms with E-state index in [1.807, 2.05) is 6.07 Å². The van der Waals surface area contributed by atoms with E-state index in [1.165, 1.54) is 4.90 Å². The number of nitrogens with zero attached hydrogens (tertiary/aromatic N) is 1. The summed E-state index contributed by atoms with van der Waals surface area (Å²) in [5.41, 5.74) is 1.35. The van der Waals surface area contributed by atoms with Gasteiger partial charge in [-0.25, -0.2) is 8.78 Å². The second-order valence-corrected chi connectivity index (χ2v) is 9.45. The van der Waals surface area contributed by atoms with Crippen LogP contribution in [0.4, 0.5) is 8.78 Å². The minimum Gasteiger partial charge on any atom is -0.489 e. The molecule has 1 aromatic rings. The molecule has 32 heavy (non-hydrogen) atoms. The number of nitrogens with one attached hydrogen (secondary N) is 2. The summed E-state index contributed by atoms with van der Waals surface area (Å²) in [5.74, 6) is -2.76. The van der Waals surface area contributed by atoms with Crippen LogP contribution in [0.3, 0.4) is 0 Å². The number of amides is 3. The summed E-state index contributed by atoms with van der Waals surface area (Å²) in [6, 6.07) is 4.83. The normalized spacial score (nSPS) is 29.6. The highest BCUT2D eigenvalue weighted by Gasteiger charge is 2.45. The SMILES string of the molecule is O=C1CCC(N2Cc3cc(O[C@@H]4CCC[C@H]4NCC4CC(F)(F)C4)ccc3C2=O)C(=O)N1. The number of alkyl halides is 2. The largest absolute Gasteiger partial charge is 0.489 e. The molecule has 2 saturated carbocycles. The van der Waals surface area contributed by atoms with E-state index >= 15 is 0 Å². The quantitative estimate of drug-likeness (QED) is 0.654. The van der Waals surface area contributed by atoms with E-state index in [9.17, 15) is 23.2 Å². The number of carbonyl (C=O) groups is 3. The Morgan fingerprint density at radius 2 is 1.97 bits per heavy atom. The topological polar surface area (TPSA) is 87.7 Å². The maximum atomic E-state index is 13.1. The van der Waals surface area contributed by atoms with Crippen LogP contribution in [0.25, 0.3) is 0 Å². The van der Waals surface area contributed by atoms with Gasteiger partial charge in [0.1, 0.15) is 17.9 Å². The lowest BCUT2D eigenvalue weighted by Gasteiger charge is -2.36. The molecular formula is C23H27F2N3O4. The molecule has 2 aliphatic heterocycles. The minimum absolute atomic E-state index is 0.0236. The summed E-state index contributed by atoms with van der Waals surface area (Å²) in [6.07, 6.45) is 3.27. The first-order valence-corrected chi connectivity index (χ1v) is 11.3. The van der Waals surface area contributed by atoms with E-state index in [2.05, 4.69) is 10.6 Å². The number of rotatable bonds is 6. The second-order valence-electron chi connectivity index (χ2n) is 9.45. The van der Waals surface area contributed by atoms with E-state index in [-0.39, 0.29) is 49.1 Å².